The molecule has 4 rings (SSSR count). The van der Waals surface area contributed by atoms with Crippen molar-refractivity contribution in [3.05, 3.63) is 23.8 Å². The van der Waals surface area contributed by atoms with E-state index in [1.807, 2.05) is 18.2 Å². The molecule has 2 N–H and O–H groups in total. The first-order valence-corrected chi connectivity index (χ1v) is 9.10. The Morgan fingerprint density at radius 1 is 1.24 bits per heavy atom. The fraction of sp³-hybridized carbons (Fsp3) is 0.579. The molecule has 5 nitrogen and oxygen atoms in total. The number of nitrogens with zero attached hydrogens (tertiary/aromatic N) is 1. The molecule has 2 aliphatic heterocycles. The molecule has 1 aromatic rings. The summed E-state index contributed by atoms with van der Waals surface area (Å²) in [4.78, 5) is 26.0. The van der Waals surface area contributed by atoms with Gasteiger partial charge < -0.3 is 15.5 Å². The van der Waals surface area contributed by atoms with Gasteiger partial charge >= 0.3 is 0 Å². The van der Waals surface area contributed by atoms with Crippen LogP contribution < -0.4 is 15.5 Å². The van der Waals surface area contributed by atoms with Crippen molar-refractivity contribution < 1.29 is 9.59 Å². The fourth-order valence-electron chi connectivity index (χ4n) is 4.56. The summed E-state index contributed by atoms with van der Waals surface area (Å²) in [6.07, 6.45) is 6.84. The predicted octanol–water partition coefficient (Wildman–Crippen LogP) is 2.88. The summed E-state index contributed by atoms with van der Waals surface area (Å²) in [6, 6.07) is 6.32. The van der Waals surface area contributed by atoms with E-state index in [2.05, 4.69) is 10.6 Å². The van der Waals surface area contributed by atoms with Crippen molar-refractivity contribution in [3.8, 4) is 0 Å². The highest BCUT2D eigenvalue weighted by Gasteiger charge is 2.38. The number of carbonyl (C=O) groups is 2. The summed E-state index contributed by atoms with van der Waals surface area (Å²) in [7, 11) is 0. The molecule has 0 bridgehead atoms. The number of anilines is 2. The van der Waals surface area contributed by atoms with Gasteiger partial charge in [0, 0.05) is 30.9 Å². The van der Waals surface area contributed by atoms with E-state index in [1.165, 1.54) is 25.7 Å². The van der Waals surface area contributed by atoms with E-state index < -0.39 is 0 Å². The van der Waals surface area contributed by atoms with E-state index in [0.717, 1.165) is 36.3 Å². The normalized spacial score (nSPS) is 27.2. The van der Waals surface area contributed by atoms with Crippen LogP contribution in [-0.4, -0.2) is 30.4 Å². The molecule has 136 valence electrons. The molecule has 3 atom stereocenters. The Bertz CT molecular complexity index is 665. The molecule has 25 heavy (non-hydrogen) atoms. The number of fused-ring (bicyclic) bond motifs is 2. The molecule has 0 spiro atoms. The molecule has 1 aromatic carbocycles. The van der Waals surface area contributed by atoms with E-state index >= 15 is 0 Å². The van der Waals surface area contributed by atoms with Gasteiger partial charge in [-0.05, 0) is 55.4 Å². The van der Waals surface area contributed by atoms with E-state index in [9.17, 15) is 9.59 Å². The third-order valence-corrected chi connectivity index (χ3v) is 5.80. The third kappa shape index (κ3) is 3.53. The molecule has 0 radical (unpaired) electrons. The number of benzene rings is 1. The van der Waals surface area contributed by atoms with Crippen LogP contribution in [-0.2, 0) is 16.0 Å². The van der Waals surface area contributed by atoms with Crippen molar-refractivity contribution in [1.29, 1.82) is 0 Å². The maximum atomic E-state index is 12.6. The number of nitrogens with one attached hydrogen (secondary N) is 2. The van der Waals surface area contributed by atoms with Crippen LogP contribution in [0, 0.1) is 5.92 Å². The third-order valence-electron chi connectivity index (χ3n) is 5.80. The van der Waals surface area contributed by atoms with Crippen molar-refractivity contribution in [2.75, 3.05) is 16.8 Å². The van der Waals surface area contributed by atoms with Crippen LogP contribution in [0.5, 0.6) is 0 Å². The van der Waals surface area contributed by atoms with Gasteiger partial charge in [-0.25, -0.2) is 0 Å². The monoisotopic (exact) mass is 363 g/mol. The average Bonchev–Trinajstić information content (AvgIpc) is 3.18. The zero-order valence-corrected chi connectivity index (χ0v) is 15.4. The van der Waals surface area contributed by atoms with E-state index in [0.29, 0.717) is 12.0 Å². The topological polar surface area (TPSA) is 61.4 Å². The maximum absolute atomic E-state index is 12.6. The van der Waals surface area contributed by atoms with E-state index in [1.54, 1.807) is 11.8 Å². The Hall–Kier alpha value is -1.59. The quantitative estimate of drug-likeness (QED) is 0.849. The Morgan fingerprint density at radius 2 is 2.04 bits per heavy atom. The number of hydrogen-bond acceptors (Lipinski definition) is 3. The summed E-state index contributed by atoms with van der Waals surface area (Å²) in [5.74, 6) is 0.813. The number of amides is 2. The minimum Gasteiger partial charge on any atom is -0.325 e. The van der Waals surface area contributed by atoms with Gasteiger partial charge in [-0.2, -0.15) is 0 Å². The summed E-state index contributed by atoms with van der Waals surface area (Å²) in [5, 5.41) is 6.58. The molecular formula is C19H26ClN3O2. The molecule has 1 aliphatic carbocycles. The molecule has 3 aliphatic rings. The number of hydrogen-bond donors (Lipinski definition) is 2. The summed E-state index contributed by atoms with van der Waals surface area (Å²) >= 11 is 0. The lowest BCUT2D eigenvalue weighted by Gasteiger charge is -2.24. The number of halogens is 1. The van der Waals surface area contributed by atoms with Gasteiger partial charge in [0.2, 0.25) is 11.8 Å². The second kappa shape index (κ2) is 7.34. The van der Waals surface area contributed by atoms with Crippen molar-refractivity contribution in [1.82, 2.24) is 5.32 Å². The van der Waals surface area contributed by atoms with Crippen LogP contribution >= 0.6 is 12.4 Å². The predicted molar refractivity (Wildman–Crippen MR) is 101 cm³/mol. The van der Waals surface area contributed by atoms with Crippen molar-refractivity contribution >= 4 is 35.6 Å². The van der Waals surface area contributed by atoms with Gasteiger partial charge in [-0.3, -0.25) is 9.59 Å². The maximum Gasteiger partial charge on any atom is 0.241 e. The van der Waals surface area contributed by atoms with Crippen LogP contribution in [0.1, 0.15) is 44.6 Å². The van der Waals surface area contributed by atoms with Gasteiger partial charge in [0.05, 0.1) is 6.04 Å². The van der Waals surface area contributed by atoms with Gasteiger partial charge in [0.15, 0.2) is 0 Å². The highest BCUT2D eigenvalue weighted by atomic mass is 35.5. The lowest BCUT2D eigenvalue weighted by molar-refractivity contribution is -0.118. The first-order chi connectivity index (χ1) is 11.6. The van der Waals surface area contributed by atoms with Gasteiger partial charge in [-0.1, -0.05) is 12.8 Å². The number of carbonyl (C=O) groups excluding carboxylic acids is 2. The van der Waals surface area contributed by atoms with Crippen molar-refractivity contribution in [2.24, 2.45) is 5.92 Å². The molecule has 3 unspecified atom stereocenters. The lowest BCUT2D eigenvalue weighted by Crippen LogP contribution is -2.39. The zero-order valence-electron chi connectivity index (χ0n) is 14.6. The standard InChI is InChI=1S/C19H25N3O2.ClH/c1-12(23)22-9-8-14-10-15(6-7-18(14)22)20-19(24)17-11-13-4-2-3-5-16(13)21-17;/h6-7,10,13,16-17,21H,2-5,8-9,11H2,1H3,(H,20,24);1H. The minimum absolute atomic E-state index is 0. The number of rotatable bonds is 2. The van der Waals surface area contributed by atoms with Gasteiger partial charge in [-0.15, -0.1) is 12.4 Å². The minimum atomic E-state index is -0.0694. The van der Waals surface area contributed by atoms with Crippen molar-refractivity contribution in [2.45, 2.75) is 57.5 Å². The Labute approximate surface area is 154 Å². The Balaban J connectivity index is 0.00000182. The van der Waals surface area contributed by atoms with Crippen molar-refractivity contribution in [3.63, 3.8) is 0 Å². The molecular weight excluding hydrogens is 338 g/mol. The Morgan fingerprint density at radius 3 is 2.80 bits per heavy atom. The van der Waals surface area contributed by atoms with E-state index in [-0.39, 0.29) is 30.3 Å². The molecule has 1 saturated heterocycles. The zero-order chi connectivity index (χ0) is 16.7. The molecule has 2 fully saturated rings. The average molecular weight is 364 g/mol. The summed E-state index contributed by atoms with van der Waals surface area (Å²) in [6.45, 7) is 2.32. The smallest absolute Gasteiger partial charge is 0.241 e. The molecule has 0 aromatic heterocycles. The fourth-order valence-corrected chi connectivity index (χ4v) is 4.56. The van der Waals surface area contributed by atoms with Crippen LogP contribution in [0.4, 0.5) is 11.4 Å². The van der Waals surface area contributed by atoms with Crippen LogP contribution in [0.15, 0.2) is 18.2 Å². The second-order valence-electron chi connectivity index (χ2n) is 7.36. The first kappa shape index (κ1) is 18.2. The van der Waals surface area contributed by atoms with Crippen LogP contribution in [0.25, 0.3) is 0 Å². The molecule has 2 heterocycles. The SMILES string of the molecule is CC(=O)N1CCc2cc(NC(=O)C3CC4CCCCC4N3)ccc21.Cl. The largest absolute Gasteiger partial charge is 0.325 e. The van der Waals surface area contributed by atoms with Gasteiger partial charge in [0.1, 0.15) is 0 Å². The summed E-state index contributed by atoms with van der Waals surface area (Å²) in [5.41, 5.74) is 2.95. The lowest BCUT2D eigenvalue weighted by atomic mass is 9.85. The second-order valence-corrected chi connectivity index (χ2v) is 7.36. The first-order valence-electron chi connectivity index (χ1n) is 9.10. The van der Waals surface area contributed by atoms with Crippen LogP contribution in [0.2, 0.25) is 0 Å². The summed E-state index contributed by atoms with van der Waals surface area (Å²) < 4.78 is 0. The molecule has 6 heteroatoms. The molecule has 2 amide bonds. The molecule has 1 saturated carbocycles. The van der Waals surface area contributed by atoms with Crippen LogP contribution in [0.3, 0.4) is 0 Å². The highest BCUT2D eigenvalue weighted by Crippen LogP contribution is 2.34. The highest BCUT2D eigenvalue weighted by molar-refractivity contribution is 5.97. The van der Waals surface area contributed by atoms with E-state index in [4.69, 9.17) is 0 Å². The van der Waals surface area contributed by atoms with Gasteiger partial charge in [0.25, 0.3) is 0 Å². The Kier molecular flexibility index (Phi) is 5.35.